The Kier molecular flexibility index (Phi) is 13.3. The van der Waals surface area contributed by atoms with Crippen LogP contribution in [0.1, 0.15) is 6.92 Å². The standard InChI is InChI=1S/C14H21NO14S.2Na/c1-4(17)15-8-11(9(19)7(3-16)26-13(8)22)28-14-10(29-30(23,24)25)5(18)2-6(27-14)12(20)21;;/h2,5,7-11,13-14,16,18-19,22H,3H2,1H3,(H,15,17)(H,20,21)(H,23,24,25);;/q;2*+1/p-2/t5-,7?,8?,9+,10?,11+,13?,14-;;/m0../s1. The second-order valence-electron chi connectivity index (χ2n) is 6.33. The van der Waals surface area contributed by atoms with Crippen molar-refractivity contribution in [1.29, 1.82) is 0 Å². The number of hydrogen-bond acceptors (Lipinski definition) is 14. The summed E-state index contributed by atoms with van der Waals surface area (Å²) in [6, 6.07) is -1.53. The molecule has 0 aliphatic carbocycles. The number of amides is 1. The van der Waals surface area contributed by atoms with Gasteiger partial charge in [-0.05, 0) is 6.08 Å². The minimum atomic E-state index is -5.45. The number of rotatable bonds is 7. The first kappa shape index (κ1) is 32.1. The number of carbonyl (C=O) groups is 2. The zero-order valence-electron chi connectivity index (χ0n) is 17.2. The number of carboxylic acid groups (broad SMARTS) is 1. The molecule has 1 fully saturated rings. The number of carboxylic acids is 1. The molecule has 0 aromatic carbocycles. The van der Waals surface area contributed by atoms with E-state index in [2.05, 4.69) is 9.50 Å². The number of aliphatic hydroxyl groups excluding tert-OH is 4. The molecule has 172 valence electrons. The molecule has 0 spiro atoms. The molecule has 0 aromatic rings. The smallest absolute Gasteiger partial charge is 0.726 e. The summed E-state index contributed by atoms with van der Waals surface area (Å²) < 4.78 is 52.2. The fraction of sp³-hybridized carbons (Fsp3) is 0.714. The molecule has 2 aliphatic rings. The summed E-state index contributed by atoms with van der Waals surface area (Å²) in [7, 11) is -5.45. The molecule has 2 heterocycles. The van der Waals surface area contributed by atoms with E-state index in [0.29, 0.717) is 6.08 Å². The van der Waals surface area contributed by atoms with Gasteiger partial charge in [-0.2, -0.15) is 0 Å². The first-order valence-electron chi connectivity index (χ1n) is 8.31. The third-order valence-electron chi connectivity index (χ3n) is 4.13. The average Bonchev–Trinajstić information content (AvgIpc) is 2.61. The molecule has 15 nitrogen and oxygen atoms in total. The number of carbonyl (C=O) groups excluding carboxylic acids is 2. The summed E-state index contributed by atoms with van der Waals surface area (Å²) in [6.45, 7) is 0.222. The van der Waals surface area contributed by atoms with Crippen molar-refractivity contribution in [1.82, 2.24) is 5.32 Å². The van der Waals surface area contributed by atoms with Gasteiger partial charge in [0.1, 0.15) is 42.2 Å². The molecule has 5 N–H and O–H groups in total. The zero-order valence-corrected chi connectivity index (χ0v) is 22.0. The first-order valence-corrected chi connectivity index (χ1v) is 9.64. The predicted molar refractivity (Wildman–Crippen MR) is 85.0 cm³/mol. The number of hydrogen-bond donors (Lipinski definition) is 5. The number of aliphatic hydroxyl groups is 4. The van der Waals surface area contributed by atoms with E-state index < -0.39 is 83.8 Å². The Morgan fingerprint density at radius 1 is 1.22 bits per heavy atom. The topological polar surface area (TPSA) is 244 Å². The van der Waals surface area contributed by atoms with Crippen molar-refractivity contribution in [2.24, 2.45) is 0 Å². The Balaban J connectivity index is 0.00000480. The van der Waals surface area contributed by atoms with Crippen LogP contribution in [0.4, 0.5) is 0 Å². The third-order valence-corrected chi connectivity index (χ3v) is 4.59. The summed E-state index contributed by atoms with van der Waals surface area (Å²) in [4.78, 5) is 22.5. The van der Waals surface area contributed by atoms with E-state index in [1.807, 2.05) is 0 Å². The SMILES string of the molecule is CC(=O)NC1C(O)OC(CO)[C@@H](O)[C@@H]1O[C@@H]1OC(C(=O)[O-])=C[C@H](O)C1OS(=O)(=O)[O-].[Na+].[Na+]. The van der Waals surface area contributed by atoms with Crippen LogP contribution in [0.25, 0.3) is 0 Å². The van der Waals surface area contributed by atoms with Gasteiger partial charge in [-0.1, -0.05) is 0 Å². The van der Waals surface area contributed by atoms with Crippen molar-refractivity contribution in [3.05, 3.63) is 11.8 Å². The van der Waals surface area contributed by atoms with Gasteiger partial charge in [0.25, 0.3) is 0 Å². The largest absolute Gasteiger partial charge is 1.00 e. The quantitative estimate of drug-likeness (QED) is 0.123. The monoisotopic (exact) mass is 503 g/mol. The molecule has 1 saturated heterocycles. The van der Waals surface area contributed by atoms with Crippen molar-refractivity contribution in [2.45, 2.75) is 56.1 Å². The second kappa shape index (κ2) is 13.3. The maximum atomic E-state index is 11.4. The van der Waals surface area contributed by atoms with E-state index in [0.717, 1.165) is 6.92 Å². The fourth-order valence-electron chi connectivity index (χ4n) is 2.89. The van der Waals surface area contributed by atoms with Crippen LogP contribution in [0.2, 0.25) is 0 Å². The van der Waals surface area contributed by atoms with Crippen molar-refractivity contribution in [2.75, 3.05) is 6.61 Å². The minimum Gasteiger partial charge on any atom is -0.726 e. The van der Waals surface area contributed by atoms with Crippen molar-refractivity contribution in [3.8, 4) is 0 Å². The Hall–Kier alpha value is 0.110. The van der Waals surface area contributed by atoms with Gasteiger partial charge in [-0.15, -0.1) is 0 Å². The maximum absolute atomic E-state index is 11.4. The van der Waals surface area contributed by atoms with Crippen molar-refractivity contribution in [3.63, 3.8) is 0 Å². The molecule has 0 saturated carbocycles. The fourth-order valence-corrected chi connectivity index (χ4v) is 3.37. The molecule has 0 radical (unpaired) electrons. The van der Waals surface area contributed by atoms with E-state index in [4.69, 9.17) is 14.2 Å². The molecule has 0 bridgehead atoms. The van der Waals surface area contributed by atoms with Gasteiger partial charge >= 0.3 is 59.1 Å². The van der Waals surface area contributed by atoms with Crippen LogP contribution in [0.5, 0.6) is 0 Å². The first-order chi connectivity index (χ1) is 13.8. The molecule has 18 heteroatoms. The van der Waals surface area contributed by atoms with Crippen LogP contribution in [-0.4, -0.2) is 101 Å². The molecular weight excluding hydrogens is 484 g/mol. The Bertz CT molecular complexity index is 794. The zero-order chi connectivity index (χ0) is 22.8. The summed E-state index contributed by atoms with van der Waals surface area (Å²) in [5, 5.41) is 52.9. The van der Waals surface area contributed by atoms with E-state index in [-0.39, 0.29) is 59.1 Å². The molecule has 4 unspecified atom stereocenters. The molecule has 32 heavy (non-hydrogen) atoms. The van der Waals surface area contributed by atoms with Gasteiger partial charge < -0.3 is 54.4 Å². The van der Waals surface area contributed by atoms with Crippen molar-refractivity contribution >= 4 is 22.3 Å². The van der Waals surface area contributed by atoms with Gasteiger partial charge in [-0.25, -0.2) is 8.42 Å². The van der Waals surface area contributed by atoms with Crippen LogP contribution in [0.3, 0.4) is 0 Å². The van der Waals surface area contributed by atoms with Crippen LogP contribution in [-0.2, 0) is 38.4 Å². The Morgan fingerprint density at radius 3 is 2.28 bits per heavy atom. The summed E-state index contributed by atoms with van der Waals surface area (Å²) in [5.41, 5.74) is 0. The van der Waals surface area contributed by atoms with E-state index >= 15 is 0 Å². The molecule has 2 aliphatic heterocycles. The van der Waals surface area contributed by atoms with E-state index in [9.17, 15) is 48.1 Å². The van der Waals surface area contributed by atoms with Gasteiger partial charge in [0, 0.05) is 6.92 Å². The molecule has 1 amide bonds. The number of ether oxygens (including phenoxy) is 3. The van der Waals surface area contributed by atoms with Gasteiger partial charge in [0.2, 0.25) is 22.6 Å². The second-order valence-corrected chi connectivity index (χ2v) is 7.34. The molecule has 8 atom stereocenters. The summed E-state index contributed by atoms with van der Waals surface area (Å²) in [6.07, 6.45) is -12.6. The molecular formula is C14H19NNa2O14S. The van der Waals surface area contributed by atoms with Gasteiger partial charge in [0.15, 0.2) is 12.4 Å². The Labute approximate surface area is 226 Å². The average molecular weight is 503 g/mol. The van der Waals surface area contributed by atoms with Crippen LogP contribution >= 0.6 is 0 Å². The molecule has 2 rings (SSSR count). The van der Waals surface area contributed by atoms with Crippen molar-refractivity contribution < 1.29 is 126 Å². The summed E-state index contributed by atoms with van der Waals surface area (Å²) in [5.74, 6) is -3.67. The Morgan fingerprint density at radius 2 is 1.81 bits per heavy atom. The van der Waals surface area contributed by atoms with E-state index in [1.165, 1.54) is 0 Å². The predicted octanol–water partition coefficient (Wildman–Crippen LogP) is -11.8. The normalized spacial score (nSPS) is 34.8. The van der Waals surface area contributed by atoms with Crippen LogP contribution in [0.15, 0.2) is 11.8 Å². The maximum Gasteiger partial charge on any atom is 1.00 e. The van der Waals surface area contributed by atoms with E-state index in [1.54, 1.807) is 0 Å². The van der Waals surface area contributed by atoms with Crippen LogP contribution < -0.4 is 69.5 Å². The minimum absolute atomic E-state index is 0. The summed E-state index contributed by atoms with van der Waals surface area (Å²) >= 11 is 0. The van der Waals surface area contributed by atoms with Crippen LogP contribution in [0, 0.1) is 0 Å². The number of nitrogens with one attached hydrogen (secondary N) is 1. The molecule has 0 aromatic heterocycles. The number of aliphatic carboxylic acids is 1. The van der Waals surface area contributed by atoms with Gasteiger partial charge in [-0.3, -0.25) is 8.98 Å². The third kappa shape index (κ3) is 8.40. The van der Waals surface area contributed by atoms with Gasteiger partial charge in [0.05, 0.1) is 6.61 Å².